The zero-order chi connectivity index (χ0) is 15.4. The first-order valence-corrected chi connectivity index (χ1v) is 6.31. The number of ether oxygens (including phenoxy) is 1. The van der Waals surface area contributed by atoms with Crippen molar-refractivity contribution in [1.82, 2.24) is 4.90 Å². The maximum absolute atomic E-state index is 12.3. The minimum atomic E-state index is -2.88. The third-order valence-electron chi connectivity index (χ3n) is 3.24. The number of carbonyl (C=O) groups excluding carboxylic acids is 1. The van der Waals surface area contributed by atoms with Crippen LogP contribution < -0.4 is 10.5 Å². The average Bonchev–Trinajstić information content (AvgIpc) is 2.39. The molecule has 0 bridgehead atoms. The van der Waals surface area contributed by atoms with Crippen molar-refractivity contribution in [3.05, 3.63) is 28.8 Å². The largest absolute Gasteiger partial charge is 0.434 e. The Morgan fingerprint density at radius 2 is 1.85 bits per heavy atom. The molecule has 1 unspecified atom stereocenters. The molecular weight excluding hydrogens is 266 g/mol. The Morgan fingerprint density at radius 3 is 2.25 bits per heavy atom. The van der Waals surface area contributed by atoms with Gasteiger partial charge in [-0.15, -0.1) is 0 Å². The quantitative estimate of drug-likeness (QED) is 0.903. The predicted octanol–water partition coefficient (Wildman–Crippen LogP) is 2.32. The Labute approximate surface area is 117 Å². The number of halogens is 2. The van der Waals surface area contributed by atoms with Gasteiger partial charge in [0.05, 0.1) is 0 Å². The fourth-order valence-corrected chi connectivity index (χ4v) is 1.91. The van der Waals surface area contributed by atoms with Crippen LogP contribution >= 0.6 is 0 Å². The third-order valence-corrected chi connectivity index (χ3v) is 3.24. The number of nitrogens with zero attached hydrogens (tertiary/aromatic N) is 1. The molecule has 0 saturated carbocycles. The number of amides is 1. The zero-order valence-corrected chi connectivity index (χ0v) is 12.1. The molecule has 0 aromatic heterocycles. The lowest BCUT2D eigenvalue weighted by atomic mass is 10.0. The van der Waals surface area contributed by atoms with Crippen LogP contribution in [0.4, 0.5) is 8.78 Å². The van der Waals surface area contributed by atoms with E-state index in [0.29, 0.717) is 23.2 Å². The standard InChI is InChI=1S/C14H20F2N2O2/c1-8-5-11(13(19)18(4)10(3)7-17)6-9(2)12(8)20-14(15)16/h5-6,10,14H,7,17H2,1-4H3. The molecule has 20 heavy (non-hydrogen) atoms. The molecule has 1 atom stereocenters. The number of hydrogen-bond acceptors (Lipinski definition) is 3. The maximum Gasteiger partial charge on any atom is 0.387 e. The molecule has 0 fully saturated rings. The highest BCUT2D eigenvalue weighted by molar-refractivity contribution is 5.95. The molecule has 0 aliphatic heterocycles. The highest BCUT2D eigenvalue weighted by Gasteiger charge is 2.19. The fourth-order valence-electron chi connectivity index (χ4n) is 1.91. The summed E-state index contributed by atoms with van der Waals surface area (Å²) in [7, 11) is 1.66. The van der Waals surface area contributed by atoms with Gasteiger partial charge in [0.2, 0.25) is 0 Å². The molecule has 1 aromatic rings. The van der Waals surface area contributed by atoms with Gasteiger partial charge in [-0.3, -0.25) is 4.79 Å². The summed E-state index contributed by atoms with van der Waals surface area (Å²) in [6.45, 7) is 2.58. The van der Waals surface area contributed by atoms with E-state index >= 15 is 0 Å². The second-order valence-corrected chi connectivity index (χ2v) is 4.82. The minimum Gasteiger partial charge on any atom is -0.434 e. The van der Waals surface area contributed by atoms with E-state index in [1.807, 2.05) is 6.92 Å². The van der Waals surface area contributed by atoms with E-state index in [1.54, 1.807) is 33.0 Å². The number of aryl methyl sites for hydroxylation is 2. The van der Waals surface area contributed by atoms with Crippen LogP contribution in [0.5, 0.6) is 5.75 Å². The number of nitrogens with two attached hydrogens (primary N) is 1. The molecule has 6 heteroatoms. The summed E-state index contributed by atoms with van der Waals surface area (Å²) in [5.41, 5.74) is 6.97. The van der Waals surface area contributed by atoms with Gasteiger partial charge < -0.3 is 15.4 Å². The number of hydrogen-bond donors (Lipinski definition) is 1. The Morgan fingerprint density at radius 1 is 1.35 bits per heavy atom. The van der Waals surface area contributed by atoms with Crippen molar-refractivity contribution in [2.45, 2.75) is 33.4 Å². The van der Waals surface area contributed by atoms with Crippen LogP contribution in [0.1, 0.15) is 28.4 Å². The van der Waals surface area contributed by atoms with Gasteiger partial charge in [0.25, 0.3) is 5.91 Å². The first-order chi connectivity index (χ1) is 9.27. The lowest BCUT2D eigenvalue weighted by Crippen LogP contribution is -2.39. The lowest BCUT2D eigenvalue weighted by Gasteiger charge is -2.24. The highest BCUT2D eigenvalue weighted by atomic mass is 19.3. The van der Waals surface area contributed by atoms with Crippen molar-refractivity contribution in [2.24, 2.45) is 5.73 Å². The molecule has 0 radical (unpaired) electrons. The number of alkyl halides is 2. The summed E-state index contributed by atoms with van der Waals surface area (Å²) < 4.78 is 29.1. The molecule has 0 heterocycles. The summed E-state index contributed by atoms with van der Waals surface area (Å²) in [6.07, 6.45) is 0. The van der Waals surface area contributed by atoms with Crippen LogP contribution in [-0.4, -0.2) is 37.1 Å². The smallest absolute Gasteiger partial charge is 0.387 e. The second-order valence-electron chi connectivity index (χ2n) is 4.82. The lowest BCUT2D eigenvalue weighted by molar-refractivity contribution is -0.0507. The summed E-state index contributed by atoms with van der Waals surface area (Å²) in [5, 5.41) is 0. The molecule has 2 N–H and O–H groups in total. The first kappa shape index (κ1) is 16.4. The summed E-state index contributed by atoms with van der Waals surface area (Å²) in [4.78, 5) is 13.8. The van der Waals surface area contributed by atoms with Crippen LogP contribution in [0.2, 0.25) is 0 Å². The molecule has 1 amide bonds. The van der Waals surface area contributed by atoms with Crippen LogP contribution in [0.15, 0.2) is 12.1 Å². The van der Waals surface area contributed by atoms with Gasteiger partial charge in [-0.1, -0.05) is 0 Å². The summed E-state index contributed by atoms with van der Waals surface area (Å²) in [6, 6.07) is 3.00. The van der Waals surface area contributed by atoms with Gasteiger partial charge in [-0.05, 0) is 44.0 Å². The minimum absolute atomic E-state index is 0.0971. The van der Waals surface area contributed by atoms with Gasteiger partial charge in [0.1, 0.15) is 5.75 Å². The SMILES string of the molecule is Cc1cc(C(=O)N(C)C(C)CN)cc(C)c1OC(F)F. The van der Waals surface area contributed by atoms with E-state index in [0.717, 1.165) is 0 Å². The van der Waals surface area contributed by atoms with E-state index in [-0.39, 0.29) is 17.7 Å². The Hall–Kier alpha value is -1.69. The van der Waals surface area contributed by atoms with Gasteiger partial charge in [-0.25, -0.2) is 0 Å². The van der Waals surface area contributed by atoms with Crippen LogP contribution in [0.25, 0.3) is 0 Å². The number of benzene rings is 1. The molecule has 1 rings (SSSR count). The number of carbonyl (C=O) groups is 1. The summed E-state index contributed by atoms with van der Waals surface area (Å²) in [5.74, 6) is -0.0798. The van der Waals surface area contributed by atoms with Crippen molar-refractivity contribution in [3.63, 3.8) is 0 Å². The highest BCUT2D eigenvalue weighted by Crippen LogP contribution is 2.27. The van der Waals surface area contributed by atoms with E-state index in [9.17, 15) is 13.6 Å². The molecule has 0 aliphatic carbocycles. The van der Waals surface area contributed by atoms with E-state index in [4.69, 9.17) is 5.73 Å². The third kappa shape index (κ3) is 3.66. The van der Waals surface area contributed by atoms with Gasteiger partial charge in [0.15, 0.2) is 0 Å². The summed E-state index contributed by atoms with van der Waals surface area (Å²) >= 11 is 0. The molecule has 0 aliphatic rings. The van der Waals surface area contributed by atoms with E-state index in [1.165, 1.54) is 4.90 Å². The van der Waals surface area contributed by atoms with Crippen molar-refractivity contribution in [1.29, 1.82) is 0 Å². The maximum atomic E-state index is 12.3. The Kier molecular flexibility index (Phi) is 5.44. The zero-order valence-electron chi connectivity index (χ0n) is 12.1. The van der Waals surface area contributed by atoms with Gasteiger partial charge in [-0.2, -0.15) is 8.78 Å². The first-order valence-electron chi connectivity index (χ1n) is 6.31. The molecule has 112 valence electrons. The monoisotopic (exact) mass is 286 g/mol. The average molecular weight is 286 g/mol. The molecule has 4 nitrogen and oxygen atoms in total. The molecule has 0 saturated heterocycles. The number of likely N-dealkylation sites (N-methyl/N-ethyl adjacent to an activating group) is 1. The van der Waals surface area contributed by atoms with Gasteiger partial charge in [0, 0.05) is 25.2 Å². The van der Waals surface area contributed by atoms with E-state index < -0.39 is 6.61 Å². The van der Waals surface area contributed by atoms with Crippen LogP contribution in [0, 0.1) is 13.8 Å². The fraction of sp³-hybridized carbons (Fsp3) is 0.500. The topological polar surface area (TPSA) is 55.6 Å². The molecular formula is C14H20F2N2O2. The van der Waals surface area contributed by atoms with Crippen LogP contribution in [-0.2, 0) is 0 Å². The van der Waals surface area contributed by atoms with Gasteiger partial charge >= 0.3 is 6.61 Å². The molecule has 1 aromatic carbocycles. The van der Waals surface area contributed by atoms with E-state index in [2.05, 4.69) is 4.74 Å². The second kappa shape index (κ2) is 6.65. The van der Waals surface area contributed by atoms with Crippen molar-refractivity contribution in [2.75, 3.05) is 13.6 Å². The molecule has 0 spiro atoms. The normalized spacial score (nSPS) is 12.4. The van der Waals surface area contributed by atoms with Crippen molar-refractivity contribution >= 4 is 5.91 Å². The Bertz CT molecular complexity index is 469. The van der Waals surface area contributed by atoms with Crippen LogP contribution in [0.3, 0.4) is 0 Å². The number of rotatable bonds is 5. The van der Waals surface area contributed by atoms with Crippen molar-refractivity contribution in [3.8, 4) is 5.75 Å². The Balaban J connectivity index is 3.07. The van der Waals surface area contributed by atoms with Crippen molar-refractivity contribution < 1.29 is 18.3 Å². The predicted molar refractivity (Wildman–Crippen MR) is 73.2 cm³/mol.